The maximum absolute atomic E-state index is 11.4. The Balaban J connectivity index is 2.89. The Bertz CT molecular complexity index is 400. The van der Waals surface area contributed by atoms with Crippen molar-refractivity contribution < 1.29 is 19.1 Å². The summed E-state index contributed by atoms with van der Waals surface area (Å²) in [6.45, 7) is 3.87. The van der Waals surface area contributed by atoms with Crippen molar-refractivity contribution in [1.82, 2.24) is 4.98 Å². The van der Waals surface area contributed by atoms with Gasteiger partial charge in [-0.15, -0.1) is 0 Å². The lowest BCUT2D eigenvalue weighted by Crippen LogP contribution is -2.05. The van der Waals surface area contributed by atoms with Gasteiger partial charge in [0.25, 0.3) is 0 Å². The van der Waals surface area contributed by atoms with Gasteiger partial charge < -0.3 is 14.5 Å². The van der Waals surface area contributed by atoms with Crippen LogP contribution in [0.5, 0.6) is 0 Å². The van der Waals surface area contributed by atoms with E-state index in [-0.39, 0.29) is 29.6 Å². The molecule has 0 saturated heterocycles. The molecule has 0 bridgehead atoms. The minimum Gasteiger partial charge on any atom is -0.462 e. The van der Waals surface area contributed by atoms with Crippen LogP contribution in [0.1, 0.15) is 34.7 Å². The fourth-order valence-corrected chi connectivity index (χ4v) is 1.34. The molecular weight excluding hydrogens is 234 g/mol. The first-order valence-electron chi connectivity index (χ1n) is 4.82. The lowest BCUT2D eigenvalue weighted by molar-refractivity contribution is 0.0519. The number of ether oxygens (including phenoxy) is 2. The van der Waals surface area contributed by atoms with Gasteiger partial charge >= 0.3 is 11.9 Å². The largest absolute Gasteiger partial charge is 0.462 e. The lowest BCUT2D eigenvalue weighted by Gasteiger charge is -1.98. The zero-order valence-corrected chi connectivity index (χ0v) is 9.76. The maximum Gasteiger partial charge on any atom is 0.354 e. The fourth-order valence-electron chi connectivity index (χ4n) is 1.11. The predicted octanol–water partition coefficient (Wildman–Crippen LogP) is 2.02. The molecule has 0 aromatic carbocycles. The second kappa shape index (κ2) is 5.55. The Morgan fingerprint density at radius 3 is 2.38 bits per heavy atom. The second-order valence-corrected chi connectivity index (χ2v) is 3.23. The number of hydrogen-bond acceptors (Lipinski definition) is 4. The zero-order chi connectivity index (χ0) is 12.1. The molecule has 1 aromatic rings. The smallest absolute Gasteiger partial charge is 0.354 e. The Morgan fingerprint density at radius 1 is 1.25 bits per heavy atom. The molecule has 1 N–H and O–H groups in total. The first-order chi connectivity index (χ1) is 7.60. The van der Waals surface area contributed by atoms with Crippen LogP contribution in [-0.2, 0) is 9.47 Å². The van der Waals surface area contributed by atoms with Gasteiger partial charge in [-0.1, -0.05) is 11.6 Å². The average molecular weight is 246 g/mol. The van der Waals surface area contributed by atoms with Crippen molar-refractivity contribution in [2.45, 2.75) is 13.8 Å². The SMILES string of the molecule is CCOC(=O)c1cc(C(=O)OCC)c(Cl)[nH]1. The first kappa shape index (κ1) is 12.6. The number of halogens is 1. The summed E-state index contributed by atoms with van der Waals surface area (Å²) in [5, 5.41) is 0.0708. The molecule has 5 nitrogen and oxygen atoms in total. The standard InChI is InChI=1S/C10H12ClNO4/c1-3-15-9(13)6-5-7(12-8(6)11)10(14)16-4-2/h5,12H,3-4H2,1-2H3. The summed E-state index contributed by atoms with van der Waals surface area (Å²) in [7, 11) is 0. The number of H-pyrrole nitrogens is 1. The van der Waals surface area contributed by atoms with E-state index in [1.165, 1.54) is 6.07 Å². The molecule has 0 amide bonds. The van der Waals surface area contributed by atoms with Gasteiger partial charge in [-0.3, -0.25) is 0 Å². The van der Waals surface area contributed by atoms with Crippen LogP contribution in [-0.4, -0.2) is 30.1 Å². The molecule has 0 spiro atoms. The van der Waals surface area contributed by atoms with Gasteiger partial charge in [-0.2, -0.15) is 0 Å². The Kier molecular flexibility index (Phi) is 4.37. The van der Waals surface area contributed by atoms with Gasteiger partial charge in [-0.25, -0.2) is 9.59 Å². The van der Waals surface area contributed by atoms with Crippen LogP contribution in [0.2, 0.25) is 5.15 Å². The van der Waals surface area contributed by atoms with Crippen LogP contribution in [0.4, 0.5) is 0 Å². The van der Waals surface area contributed by atoms with Crippen LogP contribution in [0.15, 0.2) is 6.07 Å². The highest BCUT2D eigenvalue weighted by atomic mass is 35.5. The van der Waals surface area contributed by atoms with E-state index in [1.54, 1.807) is 13.8 Å². The van der Waals surface area contributed by atoms with Crippen molar-refractivity contribution in [2.75, 3.05) is 13.2 Å². The molecule has 0 aliphatic heterocycles. The van der Waals surface area contributed by atoms with Gasteiger partial charge in [0.05, 0.1) is 18.8 Å². The van der Waals surface area contributed by atoms with Crippen LogP contribution < -0.4 is 0 Å². The molecule has 0 saturated carbocycles. The van der Waals surface area contributed by atoms with E-state index in [9.17, 15) is 9.59 Å². The third kappa shape index (κ3) is 2.76. The number of carbonyl (C=O) groups is 2. The van der Waals surface area contributed by atoms with E-state index < -0.39 is 11.9 Å². The topological polar surface area (TPSA) is 68.4 Å². The lowest BCUT2D eigenvalue weighted by atomic mass is 10.3. The molecule has 0 aliphatic rings. The van der Waals surface area contributed by atoms with Crippen molar-refractivity contribution in [3.05, 3.63) is 22.5 Å². The molecule has 0 fully saturated rings. The third-order valence-corrected chi connectivity index (χ3v) is 2.06. The van der Waals surface area contributed by atoms with Crippen LogP contribution in [0.3, 0.4) is 0 Å². The second-order valence-electron chi connectivity index (χ2n) is 2.85. The maximum atomic E-state index is 11.4. The Morgan fingerprint density at radius 2 is 1.81 bits per heavy atom. The molecule has 1 rings (SSSR count). The van der Waals surface area contributed by atoms with E-state index in [2.05, 4.69) is 4.98 Å². The monoisotopic (exact) mass is 245 g/mol. The summed E-state index contributed by atoms with van der Waals surface area (Å²) in [5.41, 5.74) is 0.265. The van der Waals surface area contributed by atoms with Gasteiger partial charge in [0.2, 0.25) is 0 Å². The van der Waals surface area contributed by atoms with Crippen molar-refractivity contribution in [1.29, 1.82) is 0 Å². The van der Waals surface area contributed by atoms with E-state index >= 15 is 0 Å². The predicted molar refractivity (Wildman–Crippen MR) is 57.7 cm³/mol. The number of aromatic nitrogens is 1. The normalized spacial score (nSPS) is 9.94. The summed E-state index contributed by atoms with van der Waals surface area (Å²) in [6.07, 6.45) is 0. The molecule has 0 atom stereocenters. The molecule has 1 aromatic heterocycles. The summed E-state index contributed by atoms with van der Waals surface area (Å²) in [6, 6.07) is 1.32. The highest BCUT2D eigenvalue weighted by Gasteiger charge is 2.19. The quantitative estimate of drug-likeness (QED) is 0.824. The summed E-state index contributed by atoms with van der Waals surface area (Å²) in [4.78, 5) is 25.3. The number of carbonyl (C=O) groups excluding carboxylic acids is 2. The van der Waals surface area contributed by atoms with Gasteiger partial charge in [0.15, 0.2) is 0 Å². The number of esters is 2. The van der Waals surface area contributed by atoms with Gasteiger partial charge in [0.1, 0.15) is 10.8 Å². The molecule has 0 unspecified atom stereocenters. The average Bonchev–Trinajstić information content (AvgIpc) is 2.61. The summed E-state index contributed by atoms with van der Waals surface area (Å²) < 4.78 is 9.52. The minimum atomic E-state index is -0.570. The number of aromatic amines is 1. The van der Waals surface area contributed by atoms with Crippen molar-refractivity contribution in [3.63, 3.8) is 0 Å². The van der Waals surface area contributed by atoms with Crippen LogP contribution in [0.25, 0.3) is 0 Å². The first-order valence-corrected chi connectivity index (χ1v) is 5.20. The van der Waals surface area contributed by atoms with E-state index in [4.69, 9.17) is 21.1 Å². The zero-order valence-electron chi connectivity index (χ0n) is 9.00. The van der Waals surface area contributed by atoms with Crippen molar-refractivity contribution >= 4 is 23.5 Å². The molecule has 88 valence electrons. The Hall–Kier alpha value is -1.49. The highest BCUT2D eigenvalue weighted by molar-refractivity contribution is 6.32. The molecule has 6 heteroatoms. The van der Waals surface area contributed by atoms with Gasteiger partial charge in [0, 0.05) is 0 Å². The van der Waals surface area contributed by atoms with Crippen molar-refractivity contribution in [3.8, 4) is 0 Å². The molecular formula is C10H12ClNO4. The number of rotatable bonds is 4. The summed E-state index contributed by atoms with van der Waals surface area (Å²) in [5.74, 6) is -1.13. The van der Waals surface area contributed by atoms with Crippen LogP contribution >= 0.6 is 11.6 Å². The van der Waals surface area contributed by atoms with E-state index in [0.717, 1.165) is 0 Å². The molecule has 16 heavy (non-hydrogen) atoms. The number of nitrogens with one attached hydrogen (secondary N) is 1. The van der Waals surface area contributed by atoms with E-state index in [1.807, 2.05) is 0 Å². The van der Waals surface area contributed by atoms with E-state index in [0.29, 0.717) is 0 Å². The Labute approximate surface area is 97.7 Å². The molecule has 0 radical (unpaired) electrons. The van der Waals surface area contributed by atoms with Crippen molar-refractivity contribution in [2.24, 2.45) is 0 Å². The third-order valence-electron chi connectivity index (χ3n) is 1.76. The minimum absolute atomic E-state index is 0.0708. The fraction of sp³-hybridized carbons (Fsp3) is 0.400. The molecule has 1 heterocycles. The molecule has 0 aliphatic carbocycles. The van der Waals surface area contributed by atoms with Gasteiger partial charge in [-0.05, 0) is 19.9 Å². The van der Waals surface area contributed by atoms with Crippen LogP contribution in [0, 0.1) is 0 Å². The highest BCUT2D eigenvalue weighted by Crippen LogP contribution is 2.18. The summed E-state index contributed by atoms with van der Waals surface area (Å²) >= 11 is 5.76. The number of hydrogen-bond donors (Lipinski definition) is 1.